The summed E-state index contributed by atoms with van der Waals surface area (Å²) in [5.74, 6) is 6.67. The van der Waals surface area contributed by atoms with Crippen LogP contribution in [0.25, 0.3) is 16.7 Å². The van der Waals surface area contributed by atoms with Crippen molar-refractivity contribution in [2.75, 3.05) is 5.43 Å². The number of para-hydroxylation sites is 2. The highest BCUT2D eigenvalue weighted by Crippen LogP contribution is 2.31. The van der Waals surface area contributed by atoms with Gasteiger partial charge in [-0.15, -0.1) is 0 Å². The molecule has 5 heteroatoms. The van der Waals surface area contributed by atoms with E-state index < -0.39 is 0 Å². The molecular formula is C20H17N5. The standard InChI is InChI=1S/C20H17N5/c1-13-15(11-14-7-3-2-4-8-14)20(24-22)25-18-10-6-5-9-17(18)23-19(25)16(13)12-21/h2-10,24H,11,22H2,1H3. The Morgan fingerprint density at radius 1 is 1.12 bits per heavy atom. The summed E-state index contributed by atoms with van der Waals surface area (Å²) in [5, 5.41) is 9.74. The van der Waals surface area contributed by atoms with Crippen molar-refractivity contribution >= 4 is 22.5 Å². The van der Waals surface area contributed by atoms with Crippen LogP contribution in [0.3, 0.4) is 0 Å². The minimum absolute atomic E-state index is 0.584. The molecule has 122 valence electrons. The van der Waals surface area contributed by atoms with Crippen LogP contribution in [-0.2, 0) is 6.42 Å². The number of rotatable bonds is 3. The Morgan fingerprint density at radius 2 is 1.84 bits per heavy atom. The van der Waals surface area contributed by atoms with Crippen LogP contribution in [-0.4, -0.2) is 9.38 Å². The van der Waals surface area contributed by atoms with Crippen molar-refractivity contribution in [3.63, 3.8) is 0 Å². The Kier molecular flexibility index (Phi) is 3.60. The molecule has 0 aliphatic heterocycles. The van der Waals surface area contributed by atoms with Crippen molar-refractivity contribution in [1.82, 2.24) is 9.38 Å². The fourth-order valence-electron chi connectivity index (χ4n) is 3.35. The van der Waals surface area contributed by atoms with Gasteiger partial charge in [0, 0.05) is 12.0 Å². The number of hydrogen-bond donors (Lipinski definition) is 2. The first-order valence-electron chi connectivity index (χ1n) is 8.08. The predicted octanol–water partition coefficient (Wildman–Crippen LogP) is 3.54. The molecule has 4 rings (SSSR count). The number of nitrogens with one attached hydrogen (secondary N) is 1. The van der Waals surface area contributed by atoms with Gasteiger partial charge in [0.05, 0.1) is 16.6 Å². The minimum Gasteiger partial charge on any atom is -0.309 e. The second-order valence-electron chi connectivity index (χ2n) is 6.01. The number of imidazole rings is 1. The first kappa shape index (κ1) is 15.2. The predicted molar refractivity (Wildman–Crippen MR) is 99.2 cm³/mol. The Labute approximate surface area is 145 Å². The highest BCUT2D eigenvalue weighted by atomic mass is 15.3. The number of hydrogen-bond acceptors (Lipinski definition) is 4. The Balaban J connectivity index is 2.10. The highest BCUT2D eigenvalue weighted by Gasteiger charge is 2.20. The maximum absolute atomic E-state index is 9.74. The van der Waals surface area contributed by atoms with E-state index in [1.165, 1.54) is 0 Å². The smallest absolute Gasteiger partial charge is 0.157 e. The van der Waals surface area contributed by atoms with Gasteiger partial charge in [0.2, 0.25) is 0 Å². The molecule has 0 amide bonds. The van der Waals surface area contributed by atoms with Crippen LogP contribution in [0.15, 0.2) is 54.6 Å². The van der Waals surface area contributed by atoms with Gasteiger partial charge in [-0.25, -0.2) is 10.8 Å². The fraction of sp³-hybridized carbons (Fsp3) is 0.100. The van der Waals surface area contributed by atoms with Crippen molar-refractivity contribution < 1.29 is 0 Å². The van der Waals surface area contributed by atoms with Crippen LogP contribution >= 0.6 is 0 Å². The van der Waals surface area contributed by atoms with Gasteiger partial charge in [0.15, 0.2) is 5.65 Å². The number of fused-ring (bicyclic) bond motifs is 3. The zero-order valence-electron chi connectivity index (χ0n) is 13.8. The molecule has 2 heterocycles. The molecule has 4 aromatic rings. The van der Waals surface area contributed by atoms with Crippen molar-refractivity contribution in [2.45, 2.75) is 13.3 Å². The molecule has 0 unspecified atom stereocenters. The molecule has 2 aromatic heterocycles. The average molecular weight is 327 g/mol. The monoisotopic (exact) mass is 327 g/mol. The number of nitrogen functional groups attached to an aromatic ring is 1. The molecule has 0 atom stereocenters. The number of hydrazine groups is 1. The summed E-state index contributed by atoms with van der Waals surface area (Å²) < 4.78 is 1.94. The molecule has 0 saturated carbocycles. The lowest BCUT2D eigenvalue weighted by Crippen LogP contribution is -2.16. The number of benzene rings is 2. The van der Waals surface area contributed by atoms with E-state index in [9.17, 15) is 5.26 Å². The molecule has 0 radical (unpaired) electrons. The number of anilines is 1. The second-order valence-corrected chi connectivity index (χ2v) is 6.01. The van der Waals surface area contributed by atoms with Gasteiger partial charge in [-0.3, -0.25) is 4.40 Å². The van der Waals surface area contributed by atoms with Gasteiger partial charge in [0.1, 0.15) is 11.9 Å². The third-order valence-electron chi connectivity index (χ3n) is 4.59. The molecule has 0 spiro atoms. The van der Waals surface area contributed by atoms with Crippen LogP contribution in [0, 0.1) is 18.3 Å². The number of nitrogens with two attached hydrogens (primary N) is 1. The lowest BCUT2D eigenvalue weighted by molar-refractivity contribution is 1.06. The van der Waals surface area contributed by atoms with E-state index in [-0.39, 0.29) is 0 Å². The van der Waals surface area contributed by atoms with E-state index in [0.29, 0.717) is 17.6 Å². The second kappa shape index (κ2) is 5.93. The zero-order valence-corrected chi connectivity index (χ0v) is 13.8. The van der Waals surface area contributed by atoms with Gasteiger partial charge in [-0.05, 0) is 30.2 Å². The number of nitrogens with zero attached hydrogens (tertiary/aromatic N) is 3. The molecule has 0 bridgehead atoms. The van der Waals surface area contributed by atoms with Gasteiger partial charge >= 0.3 is 0 Å². The van der Waals surface area contributed by atoms with E-state index >= 15 is 0 Å². The van der Waals surface area contributed by atoms with Crippen LogP contribution in [0.1, 0.15) is 22.3 Å². The summed E-state index contributed by atoms with van der Waals surface area (Å²) in [6.07, 6.45) is 0.684. The molecular weight excluding hydrogens is 310 g/mol. The normalized spacial score (nSPS) is 10.9. The quantitative estimate of drug-likeness (QED) is 0.445. The van der Waals surface area contributed by atoms with Gasteiger partial charge in [-0.1, -0.05) is 42.5 Å². The van der Waals surface area contributed by atoms with Crippen molar-refractivity contribution in [3.05, 3.63) is 76.9 Å². The van der Waals surface area contributed by atoms with Crippen LogP contribution < -0.4 is 11.3 Å². The third kappa shape index (κ3) is 2.32. The Morgan fingerprint density at radius 3 is 2.56 bits per heavy atom. The zero-order chi connectivity index (χ0) is 17.4. The SMILES string of the molecule is Cc1c(Cc2ccccc2)c(NN)n2c(nc3ccccc32)c1C#N. The van der Waals surface area contributed by atoms with Gasteiger partial charge in [0.25, 0.3) is 0 Å². The average Bonchev–Trinajstić information content (AvgIpc) is 3.02. The summed E-state index contributed by atoms with van der Waals surface area (Å²) in [5.41, 5.74) is 8.89. The van der Waals surface area contributed by atoms with E-state index in [1.54, 1.807) is 0 Å². The first-order valence-corrected chi connectivity index (χ1v) is 8.08. The third-order valence-corrected chi connectivity index (χ3v) is 4.59. The highest BCUT2D eigenvalue weighted by molar-refractivity contribution is 5.86. The summed E-state index contributed by atoms with van der Waals surface area (Å²) >= 11 is 0. The van der Waals surface area contributed by atoms with Crippen LogP contribution in [0.2, 0.25) is 0 Å². The van der Waals surface area contributed by atoms with Crippen molar-refractivity contribution in [3.8, 4) is 6.07 Å². The first-order chi connectivity index (χ1) is 12.2. The molecule has 0 fully saturated rings. The summed E-state index contributed by atoms with van der Waals surface area (Å²) in [6.45, 7) is 1.96. The molecule has 3 N–H and O–H groups in total. The minimum atomic E-state index is 0.584. The van der Waals surface area contributed by atoms with E-state index in [0.717, 1.165) is 33.5 Å². The van der Waals surface area contributed by atoms with Gasteiger partial charge < -0.3 is 5.43 Å². The summed E-state index contributed by atoms with van der Waals surface area (Å²) in [7, 11) is 0. The van der Waals surface area contributed by atoms with E-state index in [4.69, 9.17) is 5.84 Å². The lowest BCUT2D eigenvalue weighted by Gasteiger charge is -2.17. The van der Waals surface area contributed by atoms with Crippen LogP contribution in [0.4, 0.5) is 5.82 Å². The topological polar surface area (TPSA) is 79.1 Å². The van der Waals surface area contributed by atoms with Gasteiger partial charge in [-0.2, -0.15) is 5.26 Å². The number of nitriles is 1. The lowest BCUT2D eigenvalue weighted by atomic mass is 9.98. The van der Waals surface area contributed by atoms with Crippen molar-refractivity contribution in [1.29, 1.82) is 5.26 Å². The summed E-state index contributed by atoms with van der Waals surface area (Å²) in [4.78, 5) is 4.65. The number of pyridine rings is 1. The molecule has 0 aliphatic rings. The largest absolute Gasteiger partial charge is 0.309 e. The number of aromatic nitrogens is 2. The molecule has 0 aliphatic carbocycles. The molecule has 0 saturated heterocycles. The maximum atomic E-state index is 9.74. The molecule has 5 nitrogen and oxygen atoms in total. The van der Waals surface area contributed by atoms with Crippen molar-refractivity contribution in [2.24, 2.45) is 5.84 Å². The summed E-state index contributed by atoms with van der Waals surface area (Å²) in [6, 6.07) is 20.3. The molecule has 2 aromatic carbocycles. The van der Waals surface area contributed by atoms with E-state index in [2.05, 4.69) is 28.6 Å². The maximum Gasteiger partial charge on any atom is 0.157 e. The van der Waals surface area contributed by atoms with Crippen LogP contribution in [0.5, 0.6) is 0 Å². The Hall–Kier alpha value is -3.36. The van der Waals surface area contributed by atoms with E-state index in [1.807, 2.05) is 53.8 Å². The fourth-order valence-corrected chi connectivity index (χ4v) is 3.35. The molecule has 25 heavy (non-hydrogen) atoms. The Bertz CT molecular complexity index is 1120.